The van der Waals surface area contributed by atoms with Crippen molar-refractivity contribution < 1.29 is 14.2 Å². The normalized spacial score (nSPS) is 10.6. The first kappa shape index (κ1) is 27.4. The van der Waals surface area contributed by atoms with Crippen LogP contribution in [0.1, 0.15) is 17.0 Å². The SMILES string of the molecule is COc1ccc(CN(Cc2ccc(OC)cc2)c2nc(C)nc(-c3ccccc3Nc3ccc(OC)nc3)n2)cc1. The van der Waals surface area contributed by atoms with Gasteiger partial charge in [0.05, 0.1) is 33.2 Å². The second kappa shape index (κ2) is 12.8. The van der Waals surface area contributed by atoms with Gasteiger partial charge in [-0.25, -0.2) is 9.97 Å². The molecule has 0 radical (unpaired) electrons. The molecule has 1 N–H and O–H groups in total. The Kier molecular flexibility index (Phi) is 8.54. The Balaban J connectivity index is 1.50. The van der Waals surface area contributed by atoms with Crippen molar-refractivity contribution in [3.8, 4) is 28.8 Å². The number of nitrogens with zero attached hydrogens (tertiary/aromatic N) is 5. The molecule has 9 heteroatoms. The summed E-state index contributed by atoms with van der Waals surface area (Å²) in [4.78, 5) is 20.9. The first-order valence-corrected chi connectivity index (χ1v) is 13.1. The summed E-state index contributed by atoms with van der Waals surface area (Å²) >= 11 is 0. The fourth-order valence-corrected chi connectivity index (χ4v) is 4.35. The standard InChI is InChI=1S/C32H32N6O3/c1-22-34-31(28-7-5-6-8-29(28)36-25-13-18-30(41-4)33-19-25)37-32(35-22)38(20-23-9-14-26(39-2)15-10-23)21-24-11-16-27(40-3)17-12-24/h5-19,36H,20-21H2,1-4H3. The van der Waals surface area contributed by atoms with Crippen molar-refractivity contribution in [3.63, 3.8) is 0 Å². The smallest absolute Gasteiger partial charge is 0.229 e. The summed E-state index contributed by atoms with van der Waals surface area (Å²) in [6, 6.07) is 27.7. The van der Waals surface area contributed by atoms with Gasteiger partial charge in [-0.05, 0) is 60.5 Å². The lowest BCUT2D eigenvalue weighted by Crippen LogP contribution is -2.25. The van der Waals surface area contributed by atoms with Crippen LogP contribution in [-0.4, -0.2) is 41.3 Å². The second-order valence-corrected chi connectivity index (χ2v) is 9.32. The van der Waals surface area contributed by atoms with E-state index in [-0.39, 0.29) is 0 Å². The molecular formula is C32H32N6O3. The topological polar surface area (TPSA) is 94.5 Å². The average Bonchev–Trinajstić information content (AvgIpc) is 3.02. The molecule has 0 spiro atoms. The number of ether oxygens (including phenoxy) is 3. The Morgan fingerprint density at radius 3 is 1.88 bits per heavy atom. The number of para-hydroxylation sites is 1. The van der Waals surface area contributed by atoms with Crippen molar-refractivity contribution >= 4 is 17.3 Å². The lowest BCUT2D eigenvalue weighted by molar-refractivity contribution is 0.398. The molecule has 0 saturated carbocycles. The molecular weight excluding hydrogens is 516 g/mol. The van der Waals surface area contributed by atoms with Crippen LogP contribution in [0.25, 0.3) is 11.4 Å². The van der Waals surface area contributed by atoms with Crippen LogP contribution in [0, 0.1) is 6.92 Å². The number of aryl methyl sites for hydroxylation is 1. The average molecular weight is 549 g/mol. The zero-order valence-corrected chi connectivity index (χ0v) is 23.5. The molecule has 0 fully saturated rings. The minimum Gasteiger partial charge on any atom is -0.497 e. The van der Waals surface area contributed by atoms with Gasteiger partial charge < -0.3 is 24.4 Å². The number of hydrogen-bond donors (Lipinski definition) is 1. The number of pyridine rings is 1. The molecule has 0 atom stereocenters. The highest BCUT2D eigenvalue weighted by Gasteiger charge is 2.17. The molecule has 0 amide bonds. The molecule has 0 aliphatic heterocycles. The molecule has 208 valence electrons. The molecule has 0 unspecified atom stereocenters. The van der Waals surface area contributed by atoms with Gasteiger partial charge in [-0.2, -0.15) is 9.97 Å². The van der Waals surface area contributed by atoms with Crippen molar-refractivity contribution in [2.24, 2.45) is 0 Å². The summed E-state index contributed by atoms with van der Waals surface area (Å²) in [6.45, 7) is 3.07. The number of nitrogens with one attached hydrogen (secondary N) is 1. The molecule has 0 aliphatic carbocycles. The Labute approximate surface area is 239 Å². The van der Waals surface area contributed by atoms with Crippen LogP contribution in [0.5, 0.6) is 17.4 Å². The van der Waals surface area contributed by atoms with E-state index in [0.29, 0.717) is 36.6 Å². The summed E-state index contributed by atoms with van der Waals surface area (Å²) in [6.07, 6.45) is 1.73. The highest BCUT2D eigenvalue weighted by Crippen LogP contribution is 2.30. The lowest BCUT2D eigenvalue weighted by Gasteiger charge is -2.24. The number of aromatic nitrogens is 4. The van der Waals surface area contributed by atoms with Crippen LogP contribution in [0.3, 0.4) is 0 Å². The minimum atomic E-state index is 0.551. The first-order valence-electron chi connectivity index (χ1n) is 13.1. The van der Waals surface area contributed by atoms with Gasteiger partial charge in [0.2, 0.25) is 11.8 Å². The van der Waals surface area contributed by atoms with Crippen molar-refractivity contribution in [2.75, 3.05) is 31.5 Å². The monoisotopic (exact) mass is 548 g/mol. The summed E-state index contributed by atoms with van der Waals surface area (Å²) < 4.78 is 15.9. The summed E-state index contributed by atoms with van der Waals surface area (Å²) in [5, 5.41) is 3.44. The van der Waals surface area contributed by atoms with E-state index in [1.165, 1.54) is 0 Å². The van der Waals surface area contributed by atoms with Crippen molar-refractivity contribution in [3.05, 3.63) is 108 Å². The van der Waals surface area contributed by atoms with Crippen molar-refractivity contribution in [1.29, 1.82) is 0 Å². The Bertz CT molecular complexity index is 1530. The maximum Gasteiger partial charge on any atom is 0.229 e. The zero-order chi connectivity index (χ0) is 28.6. The van der Waals surface area contributed by atoms with Crippen LogP contribution in [0.15, 0.2) is 91.1 Å². The summed E-state index contributed by atoms with van der Waals surface area (Å²) in [5.74, 6) is 3.96. The fourth-order valence-electron chi connectivity index (χ4n) is 4.35. The van der Waals surface area contributed by atoms with Gasteiger partial charge in [0.15, 0.2) is 5.82 Å². The van der Waals surface area contributed by atoms with Gasteiger partial charge in [0, 0.05) is 30.4 Å². The molecule has 5 aromatic rings. The van der Waals surface area contributed by atoms with E-state index < -0.39 is 0 Å². The van der Waals surface area contributed by atoms with Crippen LogP contribution in [-0.2, 0) is 13.1 Å². The second-order valence-electron chi connectivity index (χ2n) is 9.32. The third-order valence-electron chi connectivity index (χ3n) is 6.48. The molecule has 41 heavy (non-hydrogen) atoms. The number of rotatable bonds is 11. The van der Waals surface area contributed by atoms with E-state index in [0.717, 1.165) is 39.6 Å². The van der Waals surface area contributed by atoms with E-state index in [9.17, 15) is 0 Å². The highest BCUT2D eigenvalue weighted by atomic mass is 16.5. The van der Waals surface area contributed by atoms with Crippen LogP contribution < -0.4 is 24.4 Å². The number of hydrogen-bond acceptors (Lipinski definition) is 9. The molecule has 2 aromatic heterocycles. The van der Waals surface area contributed by atoms with Crippen LogP contribution >= 0.6 is 0 Å². The Hall–Kier alpha value is -5.18. The summed E-state index contributed by atoms with van der Waals surface area (Å²) in [5.41, 5.74) is 4.74. The van der Waals surface area contributed by atoms with Gasteiger partial charge in [0.1, 0.15) is 17.3 Å². The van der Waals surface area contributed by atoms with Crippen molar-refractivity contribution in [2.45, 2.75) is 20.0 Å². The number of anilines is 3. The molecule has 0 aliphatic rings. The van der Waals surface area contributed by atoms with E-state index in [1.54, 1.807) is 27.5 Å². The van der Waals surface area contributed by atoms with Crippen LogP contribution in [0.2, 0.25) is 0 Å². The molecule has 9 nitrogen and oxygen atoms in total. The van der Waals surface area contributed by atoms with Gasteiger partial charge in [-0.3, -0.25) is 0 Å². The predicted octanol–water partition coefficient (Wildman–Crippen LogP) is 6.22. The predicted molar refractivity (Wildman–Crippen MR) is 160 cm³/mol. The van der Waals surface area contributed by atoms with E-state index in [2.05, 4.69) is 39.5 Å². The van der Waals surface area contributed by atoms with Gasteiger partial charge in [-0.15, -0.1) is 0 Å². The highest BCUT2D eigenvalue weighted by molar-refractivity contribution is 5.77. The maximum absolute atomic E-state index is 5.35. The van der Waals surface area contributed by atoms with Crippen LogP contribution in [0.4, 0.5) is 17.3 Å². The minimum absolute atomic E-state index is 0.551. The maximum atomic E-state index is 5.35. The molecule has 0 saturated heterocycles. The third kappa shape index (κ3) is 6.88. The molecule has 5 rings (SSSR count). The van der Waals surface area contributed by atoms with Gasteiger partial charge in [-0.1, -0.05) is 36.4 Å². The Morgan fingerprint density at radius 1 is 0.683 bits per heavy atom. The van der Waals surface area contributed by atoms with Gasteiger partial charge in [0.25, 0.3) is 0 Å². The fraction of sp³-hybridized carbons (Fsp3) is 0.188. The third-order valence-corrected chi connectivity index (χ3v) is 6.48. The van der Waals surface area contributed by atoms with E-state index in [4.69, 9.17) is 29.2 Å². The quantitative estimate of drug-likeness (QED) is 0.206. The van der Waals surface area contributed by atoms with Gasteiger partial charge >= 0.3 is 0 Å². The van der Waals surface area contributed by atoms with E-state index >= 15 is 0 Å². The number of benzene rings is 3. The lowest BCUT2D eigenvalue weighted by atomic mass is 10.1. The number of methoxy groups -OCH3 is 3. The summed E-state index contributed by atoms with van der Waals surface area (Å²) in [7, 11) is 4.92. The Morgan fingerprint density at radius 2 is 1.32 bits per heavy atom. The molecule has 3 aromatic carbocycles. The van der Waals surface area contributed by atoms with Crippen molar-refractivity contribution in [1.82, 2.24) is 19.9 Å². The zero-order valence-electron chi connectivity index (χ0n) is 23.5. The van der Waals surface area contributed by atoms with E-state index in [1.807, 2.05) is 67.6 Å². The molecule has 2 heterocycles. The molecule has 0 bridgehead atoms. The largest absolute Gasteiger partial charge is 0.497 e. The first-order chi connectivity index (χ1) is 20.0.